The first-order chi connectivity index (χ1) is 10.8. The molecule has 1 aliphatic heterocycles. The Kier molecular flexibility index (Phi) is 5.69. The van der Waals surface area contributed by atoms with Crippen LogP contribution in [0.4, 0.5) is 0 Å². The molecule has 1 aliphatic rings. The van der Waals surface area contributed by atoms with Gasteiger partial charge in [0.05, 0.1) is 11.0 Å². The van der Waals surface area contributed by atoms with Gasteiger partial charge >= 0.3 is 0 Å². The second-order valence-corrected chi connectivity index (χ2v) is 7.11. The Bertz CT molecular complexity index is 675. The van der Waals surface area contributed by atoms with Gasteiger partial charge in [0, 0.05) is 0 Å². The van der Waals surface area contributed by atoms with Crippen molar-refractivity contribution in [1.82, 2.24) is 0 Å². The predicted molar refractivity (Wildman–Crippen MR) is 83.3 cm³/mol. The van der Waals surface area contributed by atoms with Gasteiger partial charge in [-0.25, -0.2) is 0 Å². The first kappa shape index (κ1) is 17.8. The van der Waals surface area contributed by atoms with Crippen LogP contribution in [0.5, 0.6) is 0 Å². The lowest BCUT2D eigenvalue weighted by Gasteiger charge is -2.25. The van der Waals surface area contributed by atoms with Crippen molar-refractivity contribution in [2.75, 3.05) is 6.61 Å². The highest BCUT2D eigenvalue weighted by Crippen LogP contribution is 2.17. The maximum Gasteiger partial charge on any atom is 0.297 e. The summed E-state index contributed by atoms with van der Waals surface area (Å²) in [4.78, 5) is 11.8. The van der Waals surface area contributed by atoms with Crippen molar-refractivity contribution in [3.05, 3.63) is 42.0 Å². The number of carbonyl (C=O) groups is 1. The zero-order valence-corrected chi connectivity index (χ0v) is 14.1. The van der Waals surface area contributed by atoms with E-state index in [1.807, 2.05) is 20.8 Å². The Hall–Kier alpha value is -1.54. The molecule has 0 saturated heterocycles. The van der Waals surface area contributed by atoms with Crippen molar-refractivity contribution in [2.45, 2.75) is 44.2 Å². The quantitative estimate of drug-likeness (QED) is 0.737. The molecule has 1 heterocycles. The van der Waals surface area contributed by atoms with Crippen molar-refractivity contribution >= 4 is 15.9 Å². The lowest BCUT2D eigenvalue weighted by atomic mass is 10.2. The summed E-state index contributed by atoms with van der Waals surface area (Å²) in [6, 6.07) is 6.26. The highest BCUT2D eigenvalue weighted by molar-refractivity contribution is 7.86. The number of hydrogen-bond acceptors (Lipinski definition) is 6. The van der Waals surface area contributed by atoms with E-state index in [0.717, 1.165) is 5.56 Å². The molecule has 0 radical (unpaired) electrons. The molecule has 0 bridgehead atoms. The minimum absolute atomic E-state index is 0.0388. The number of ether oxygens (including phenoxy) is 2. The molecule has 23 heavy (non-hydrogen) atoms. The van der Waals surface area contributed by atoms with Crippen LogP contribution in [-0.2, 0) is 28.6 Å². The highest BCUT2D eigenvalue weighted by atomic mass is 32.2. The van der Waals surface area contributed by atoms with Crippen molar-refractivity contribution in [3.63, 3.8) is 0 Å². The topological polar surface area (TPSA) is 78.9 Å². The van der Waals surface area contributed by atoms with Crippen LogP contribution in [0.15, 0.2) is 41.3 Å². The number of benzene rings is 1. The SMILES string of the molecule is Cc1ccc(S(=O)(=O)OC[C@H]2O[C@H](OC(C)C)C=CC2=O)cc1. The molecule has 0 unspecified atom stereocenters. The van der Waals surface area contributed by atoms with E-state index >= 15 is 0 Å². The number of aryl methyl sites for hydroxylation is 1. The highest BCUT2D eigenvalue weighted by Gasteiger charge is 2.28. The lowest BCUT2D eigenvalue weighted by molar-refractivity contribution is -0.177. The zero-order valence-electron chi connectivity index (χ0n) is 13.3. The number of hydrogen-bond donors (Lipinski definition) is 0. The minimum Gasteiger partial charge on any atom is -0.346 e. The van der Waals surface area contributed by atoms with Gasteiger partial charge in [-0.1, -0.05) is 17.7 Å². The maximum atomic E-state index is 12.1. The lowest BCUT2D eigenvalue weighted by Crippen LogP contribution is -2.38. The normalized spacial score (nSPS) is 21.8. The molecule has 0 fully saturated rings. The van der Waals surface area contributed by atoms with Gasteiger partial charge in [0.1, 0.15) is 12.7 Å². The Morgan fingerprint density at radius 2 is 1.87 bits per heavy atom. The smallest absolute Gasteiger partial charge is 0.297 e. The predicted octanol–water partition coefficient (Wildman–Crippen LogP) is 1.98. The molecule has 2 atom stereocenters. The summed E-state index contributed by atoms with van der Waals surface area (Å²) in [6.45, 7) is 5.13. The van der Waals surface area contributed by atoms with Gasteiger partial charge in [0.25, 0.3) is 10.1 Å². The molecule has 7 heteroatoms. The fourth-order valence-electron chi connectivity index (χ4n) is 1.95. The Morgan fingerprint density at radius 1 is 1.22 bits per heavy atom. The van der Waals surface area contributed by atoms with Gasteiger partial charge in [-0.05, 0) is 45.1 Å². The van der Waals surface area contributed by atoms with E-state index in [4.69, 9.17) is 13.7 Å². The summed E-state index contributed by atoms with van der Waals surface area (Å²) in [6.07, 6.45) is 1.03. The van der Waals surface area contributed by atoms with E-state index in [1.165, 1.54) is 24.3 Å². The van der Waals surface area contributed by atoms with Crippen molar-refractivity contribution in [3.8, 4) is 0 Å². The number of ketones is 1. The molecule has 0 N–H and O–H groups in total. The number of rotatable bonds is 6. The van der Waals surface area contributed by atoms with Gasteiger partial charge in [-0.2, -0.15) is 8.42 Å². The molecule has 126 valence electrons. The van der Waals surface area contributed by atoms with Crippen LogP contribution < -0.4 is 0 Å². The van der Waals surface area contributed by atoms with Crippen molar-refractivity contribution < 1.29 is 26.9 Å². The van der Waals surface area contributed by atoms with Crippen LogP contribution in [0.25, 0.3) is 0 Å². The first-order valence-electron chi connectivity index (χ1n) is 7.27. The molecule has 2 rings (SSSR count). The molecule has 0 saturated carbocycles. The third-order valence-corrected chi connectivity index (χ3v) is 4.42. The van der Waals surface area contributed by atoms with E-state index in [2.05, 4.69) is 0 Å². The van der Waals surface area contributed by atoms with Crippen LogP contribution in [0.1, 0.15) is 19.4 Å². The van der Waals surface area contributed by atoms with Gasteiger partial charge in [0.2, 0.25) is 0 Å². The van der Waals surface area contributed by atoms with E-state index in [-0.39, 0.29) is 16.8 Å². The Balaban J connectivity index is 2.00. The third kappa shape index (κ3) is 4.97. The zero-order chi connectivity index (χ0) is 17.0. The summed E-state index contributed by atoms with van der Waals surface area (Å²) in [5.74, 6) is -0.354. The molecule has 0 spiro atoms. The van der Waals surface area contributed by atoms with Gasteiger partial charge < -0.3 is 9.47 Å². The molecule has 6 nitrogen and oxygen atoms in total. The summed E-state index contributed by atoms with van der Waals surface area (Å²) < 4.78 is 40.0. The third-order valence-electron chi connectivity index (χ3n) is 3.12. The van der Waals surface area contributed by atoms with Crippen LogP contribution >= 0.6 is 0 Å². The van der Waals surface area contributed by atoms with Gasteiger partial charge in [0.15, 0.2) is 12.1 Å². The van der Waals surface area contributed by atoms with E-state index in [9.17, 15) is 13.2 Å². The summed E-state index contributed by atoms with van der Waals surface area (Å²) in [5, 5.41) is 0. The van der Waals surface area contributed by atoms with E-state index in [0.29, 0.717) is 0 Å². The number of carbonyl (C=O) groups excluding carboxylic acids is 1. The fourth-order valence-corrected chi connectivity index (χ4v) is 2.85. The molecular weight excluding hydrogens is 320 g/mol. The second-order valence-electron chi connectivity index (χ2n) is 5.49. The van der Waals surface area contributed by atoms with Crippen LogP contribution in [0.2, 0.25) is 0 Å². The summed E-state index contributed by atoms with van der Waals surface area (Å²) in [7, 11) is -3.94. The maximum absolute atomic E-state index is 12.1. The van der Waals surface area contributed by atoms with E-state index in [1.54, 1.807) is 12.1 Å². The summed E-state index contributed by atoms with van der Waals surface area (Å²) in [5.41, 5.74) is 0.938. The average Bonchev–Trinajstić information content (AvgIpc) is 2.48. The molecular formula is C16H20O6S. The Labute approximate surface area is 136 Å². The molecule has 0 aromatic heterocycles. The standard InChI is InChI=1S/C16H20O6S/c1-11(2)21-16-9-8-14(17)15(22-16)10-20-23(18,19)13-6-4-12(3)5-7-13/h4-9,11,15-16H,10H2,1-3H3/t15-,16+/m1/s1. The minimum atomic E-state index is -3.94. The monoisotopic (exact) mass is 340 g/mol. The van der Waals surface area contributed by atoms with Gasteiger partial charge in [-0.3, -0.25) is 8.98 Å². The molecule has 1 aromatic carbocycles. The van der Waals surface area contributed by atoms with Gasteiger partial charge in [-0.15, -0.1) is 0 Å². The largest absolute Gasteiger partial charge is 0.346 e. The molecule has 0 aliphatic carbocycles. The fraction of sp³-hybridized carbons (Fsp3) is 0.438. The average molecular weight is 340 g/mol. The van der Waals surface area contributed by atoms with Crippen molar-refractivity contribution in [2.24, 2.45) is 0 Å². The van der Waals surface area contributed by atoms with Crippen LogP contribution in [0.3, 0.4) is 0 Å². The first-order valence-corrected chi connectivity index (χ1v) is 8.68. The Morgan fingerprint density at radius 3 is 2.48 bits per heavy atom. The van der Waals surface area contributed by atoms with Crippen LogP contribution in [0, 0.1) is 6.92 Å². The summed E-state index contributed by atoms with van der Waals surface area (Å²) >= 11 is 0. The molecule has 1 aromatic rings. The van der Waals surface area contributed by atoms with Crippen LogP contribution in [-0.4, -0.2) is 39.3 Å². The second kappa shape index (κ2) is 7.35. The van der Waals surface area contributed by atoms with E-state index < -0.39 is 29.1 Å². The molecule has 0 amide bonds. The van der Waals surface area contributed by atoms with Crippen molar-refractivity contribution in [1.29, 1.82) is 0 Å².